The van der Waals surface area contributed by atoms with Crippen molar-refractivity contribution in [1.29, 1.82) is 0 Å². The molecule has 3 aromatic rings. The van der Waals surface area contributed by atoms with Crippen LogP contribution >= 0.6 is 23.6 Å². The molecule has 0 atom stereocenters. The van der Waals surface area contributed by atoms with Crippen LogP contribution in [0.1, 0.15) is 6.92 Å². The van der Waals surface area contributed by atoms with E-state index < -0.39 is 0 Å². The number of hydrogen-bond donors (Lipinski definition) is 0. The highest BCUT2D eigenvalue weighted by Crippen LogP contribution is 2.22. The van der Waals surface area contributed by atoms with E-state index in [9.17, 15) is 0 Å². The molecule has 0 unspecified atom stereocenters. The van der Waals surface area contributed by atoms with Gasteiger partial charge in [-0.15, -0.1) is 0 Å². The molecular formula is C18H16N2S2. The van der Waals surface area contributed by atoms with Crippen LogP contribution in [0.3, 0.4) is 0 Å². The zero-order chi connectivity index (χ0) is 15.4. The van der Waals surface area contributed by atoms with Gasteiger partial charge >= 0.3 is 0 Å². The summed E-state index contributed by atoms with van der Waals surface area (Å²) in [4.78, 5) is 6.85. The Bertz CT molecular complexity index is 878. The third-order valence-corrected chi connectivity index (χ3v) is 4.71. The maximum absolute atomic E-state index is 5.55. The van der Waals surface area contributed by atoms with Crippen LogP contribution in [0.5, 0.6) is 0 Å². The summed E-state index contributed by atoms with van der Waals surface area (Å²) in [6, 6.07) is 22.4. The average molecular weight is 324 g/mol. The standard InChI is InChI=1S/C18H16N2S2/c1-2-20-17(21)13-16(14-9-5-3-6-10-14)22-18(20)19-15-11-7-4-8-12-15/h3-13H,2H2,1H3. The van der Waals surface area contributed by atoms with E-state index in [0.717, 1.165) is 26.6 Å². The average Bonchev–Trinajstić information content (AvgIpc) is 2.56. The van der Waals surface area contributed by atoms with Crippen molar-refractivity contribution in [2.75, 3.05) is 0 Å². The molecule has 0 aliphatic heterocycles. The van der Waals surface area contributed by atoms with Gasteiger partial charge in [0.1, 0.15) is 4.64 Å². The number of nitrogens with zero attached hydrogens (tertiary/aromatic N) is 2. The fourth-order valence-corrected chi connectivity index (χ4v) is 3.77. The van der Waals surface area contributed by atoms with Gasteiger partial charge < -0.3 is 4.57 Å². The minimum absolute atomic E-state index is 0.815. The second kappa shape index (κ2) is 6.81. The minimum atomic E-state index is 0.815. The van der Waals surface area contributed by atoms with Gasteiger partial charge in [-0.2, -0.15) is 0 Å². The first-order chi connectivity index (χ1) is 10.8. The van der Waals surface area contributed by atoms with E-state index in [1.165, 1.54) is 5.56 Å². The Morgan fingerprint density at radius 1 is 1.00 bits per heavy atom. The summed E-state index contributed by atoms with van der Waals surface area (Å²) in [6.07, 6.45) is 0. The Hall–Kier alpha value is -2.04. The summed E-state index contributed by atoms with van der Waals surface area (Å²) < 4.78 is 2.88. The molecule has 0 aliphatic rings. The van der Waals surface area contributed by atoms with Gasteiger partial charge in [-0.1, -0.05) is 72.1 Å². The van der Waals surface area contributed by atoms with Crippen LogP contribution in [0.15, 0.2) is 71.7 Å². The molecule has 0 saturated heterocycles. The summed E-state index contributed by atoms with van der Waals surface area (Å²) >= 11 is 7.22. The highest BCUT2D eigenvalue weighted by molar-refractivity contribution is 7.71. The second-order valence-electron chi connectivity index (χ2n) is 4.79. The maximum Gasteiger partial charge on any atom is 0.191 e. The van der Waals surface area contributed by atoms with Crippen molar-refractivity contribution in [3.63, 3.8) is 0 Å². The van der Waals surface area contributed by atoms with E-state index in [2.05, 4.69) is 29.7 Å². The molecule has 2 aromatic carbocycles. The Labute approximate surface area is 139 Å². The van der Waals surface area contributed by atoms with Gasteiger partial charge in [0.2, 0.25) is 0 Å². The van der Waals surface area contributed by atoms with Crippen molar-refractivity contribution < 1.29 is 0 Å². The first-order valence-corrected chi connectivity index (χ1v) is 8.40. The van der Waals surface area contributed by atoms with E-state index in [1.54, 1.807) is 11.3 Å². The lowest BCUT2D eigenvalue weighted by molar-refractivity contribution is 0.720. The van der Waals surface area contributed by atoms with Crippen molar-refractivity contribution in [2.24, 2.45) is 4.99 Å². The van der Waals surface area contributed by atoms with E-state index >= 15 is 0 Å². The third kappa shape index (κ3) is 3.24. The number of benzene rings is 2. The number of aromatic nitrogens is 1. The van der Waals surface area contributed by atoms with E-state index in [0.29, 0.717) is 0 Å². The maximum atomic E-state index is 5.55. The lowest BCUT2D eigenvalue weighted by Crippen LogP contribution is -2.17. The summed E-state index contributed by atoms with van der Waals surface area (Å²) in [5, 5.41) is 0. The largest absolute Gasteiger partial charge is 0.309 e. The van der Waals surface area contributed by atoms with Gasteiger partial charge in [0, 0.05) is 11.4 Å². The van der Waals surface area contributed by atoms with Crippen molar-refractivity contribution in [1.82, 2.24) is 4.57 Å². The van der Waals surface area contributed by atoms with E-state index in [4.69, 9.17) is 17.2 Å². The van der Waals surface area contributed by atoms with Gasteiger partial charge in [-0.25, -0.2) is 4.99 Å². The van der Waals surface area contributed by atoms with Gasteiger partial charge in [0.25, 0.3) is 0 Å². The van der Waals surface area contributed by atoms with Crippen LogP contribution in [0, 0.1) is 4.64 Å². The first-order valence-electron chi connectivity index (χ1n) is 7.18. The Morgan fingerprint density at radius 2 is 1.64 bits per heavy atom. The Morgan fingerprint density at radius 3 is 2.27 bits per heavy atom. The van der Waals surface area contributed by atoms with Crippen LogP contribution in [-0.2, 0) is 6.54 Å². The van der Waals surface area contributed by atoms with Gasteiger partial charge in [0.05, 0.1) is 5.69 Å². The molecule has 0 amide bonds. The molecular weight excluding hydrogens is 308 g/mol. The molecule has 3 rings (SSSR count). The summed E-state index contributed by atoms with van der Waals surface area (Å²) in [5.74, 6) is 0. The summed E-state index contributed by atoms with van der Waals surface area (Å²) in [7, 11) is 0. The second-order valence-corrected chi connectivity index (χ2v) is 6.22. The molecule has 22 heavy (non-hydrogen) atoms. The van der Waals surface area contributed by atoms with Crippen molar-refractivity contribution >= 4 is 29.2 Å². The van der Waals surface area contributed by atoms with Crippen LogP contribution in [0.25, 0.3) is 10.4 Å². The van der Waals surface area contributed by atoms with Crippen LogP contribution in [0.4, 0.5) is 5.69 Å². The van der Waals surface area contributed by atoms with Crippen molar-refractivity contribution in [3.8, 4) is 10.4 Å². The zero-order valence-electron chi connectivity index (χ0n) is 12.3. The molecule has 2 nitrogen and oxygen atoms in total. The van der Waals surface area contributed by atoms with Gasteiger partial charge in [0.15, 0.2) is 4.80 Å². The van der Waals surface area contributed by atoms with E-state index in [-0.39, 0.29) is 0 Å². The van der Waals surface area contributed by atoms with E-state index in [1.807, 2.05) is 48.5 Å². The molecule has 0 saturated carbocycles. The normalized spacial score (nSPS) is 11.6. The highest BCUT2D eigenvalue weighted by atomic mass is 32.1. The van der Waals surface area contributed by atoms with Crippen LogP contribution in [0.2, 0.25) is 0 Å². The molecule has 1 aromatic heterocycles. The number of rotatable bonds is 3. The molecule has 0 bridgehead atoms. The molecule has 0 fully saturated rings. The smallest absolute Gasteiger partial charge is 0.191 e. The van der Waals surface area contributed by atoms with Crippen LogP contribution in [-0.4, -0.2) is 4.57 Å². The minimum Gasteiger partial charge on any atom is -0.309 e. The third-order valence-electron chi connectivity index (χ3n) is 3.31. The molecule has 0 N–H and O–H groups in total. The molecule has 0 spiro atoms. The zero-order valence-corrected chi connectivity index (χ0v) is 13.9. The lowest BCUT2D eigenvalue weighted by Gasteiger charge is -2.07. The monoisotopic (exact) mass is 324 g/mol. The summed E-state index contributed by atoms with van der Waals surface area (Å²) in [5.41, 5.74) is 2.12. The highest BCUT2D eigenvalue weighted by Gasteiger charge is 2.03. The molecule has 0 aliphatic carbocycles. The predicted octanol–water partition coefficient (Wildman–Crippen LogP) is 5.20. The fraction of sp³-hybridized carbons (Fsp3) is 0.111. The van der Waals surface area contributed by atoms with Gasteiger partial charge in [-0.05, 0) is 30.7 Å². The first kappa shape index (κ1) is 14.9. The molecule has 0 radical (unpaired) electrons. The SMILES string of the molecule is CCn1c(=S)cc(-c2ccccc2)sc1=Nc1ccccc1. The molecule has 1 heterocycles. The van der Waals surface area contributed by atoms with Crippen LogP contribution < -0.4 is 4.80 Å². The lowest BCUT2D eigenvalue weighted by atomic mass is 10.2. The summed E-state index contributed by atoms with van der Waals surface area (Å²) in [6.45, 7) is 2.91. The molecule has 4 heteroatoms. The predicted molar refractivity (Wildman–Crippen MR) is 95.9 cm³/mol. The number of para-hydroxylation sites is 1. The topological polar surface area (TPSA) is 17.3 Å². The van der Waals surface area contributed by atoms with Crippen molar-refractivity contribution in [3.05, 3.63) is 76.2 Å². The fourth-order valence-electron chi connectivity index (χ4n) is 2.20. The van der Waals surface area contributed by atoms with Crippen molar-refractivity contribution in [2.45, 2.75) is 13.5 Å². The quantitative estimate of drug-likeness (QED) is 0.605. The Kier molecular flexibility index (Phi) is 4.61. The Balaban J connectivity index is 2.22. The number of hydrogen-bond acceptors (Lipinski definition) is 3. The molecule has 110 valence electrons. The van der Waals surface area contributed by atoms with Gasteiger partial charge in [-0.3, -0.25) is 0 Å².